The largest absolute Gasteiger partial charge is 0.478 e. The molecule has 6 nitrogen and oxygen atoms in total. The molecule has 2 rings (SSSR count). The molecule has 0 aliphatic carbocycles. The molecule has 1 aromatic rings. The Bertz CT molecular complexity index is 525. The van der Waals surface area contributed by atoms with Crippen molar-refractivity contribution in [3.05, 3.63) is 17.8 Å². The predicted octanol–water partition coefficient (Wildman–Crippen LogP) is 2.51. The van der Waals surface area contributed by atoms with Crippen LogP contribution in [-0.2, 0) is 4.79 Å². The molecule has 1 aliphatic rings. The van der Waals surface area contributed by atoms with Gasteiger partial charge in [0.2, 0.25) is 5.91 Å². The third-order valence-corrected chi connectivity index (χ3v) is 3.54. The number of carboxylic acid groups (broad SMARTS) is 1. The topological polar surface area (TPSA) is 82.5 Å². The molecule has 0 atom stereocenters. The SMILES string of the molecule is CCCCC(=O)Nc1cnc(N2CCCC2)c(C(=O)O)c1. The Morgan fingerprint density at radius 1 is 1.38 bits per heavy atom. The van der Waals surface area contributed by atoms with Gasteiger partial charge in [-0.2, -0.15) is 0 Å². The lowest BCUT2D eigenvalue weighted by Crippen LogP contribution is -2.22. The van der Waals surface area contributed by atoms with Gasteiger partial charge >= 0.3 is 5.97 Å². The van der Waals surface area contributed by atoms with Gasteiger partial charge in [0.05, 0.1) is 11.9 Å². The van der Waals surface area contributed by atoms with Gasteiger partial charge in [-0.15, -0.1) is 0 Å². The van der Waals surface area contributed by atoms with Crippen molar-refractivity contribution in [3.63, 3.8) is 0 Å². The molecule has 1 aliphatic heterocycles. The van der Waals surface area contributed by atoms with Crippen molar-refractivity contribution in [1.29, 1.82) is 0 Å². The first-order valence-electron chi connectivity index (χ1n) is 7.40. The lowest BCUT2D eigenvalue weighted by Gasteiger charge is -2.19. The zero-order valence-electron chi connectivity index (χ0n) is 12.3. The molecule has 0 saturated carbocycles. The Kier molecular flexibility index (Phi) is 5.14. The van der Waals surface area contributed by atoms with E-state index in [0.29, 0.717) is 17.9 Å². The molecule has 1 fully saturated rings. The highest BCUT2D eigenvalue weighted by molar-refractivity contribution is 5.97. The molecule has 0 radical (unpaired) electrons. The number of carbonyl (C=O) groups excluding carboxylic acids is 1. The highest BCUT2D eigenvalue weighted by Crippen LogP contribution is 2.24. The Morgan fingerprint density at radius 2 is 2.10 bits per heavy atom. The van der Waals surface area contributed by atoms with Crippen LogP contribution in [0.15, 0.2) is 12.3 Å². The van der Waals surface area contributed by atoms with Crippen molar-refractivity contribution in [1.82, 2.24) is 4.98 Å². The second kappa shape index (κ2) is 7.06. The highest BCUT2D eigenvalue weighted by Gasteiger charge is 2.21. The standard InChI is InChI=1S/C15H21N3O3/c1-2-3-6-13(19)17-11-9-12(15(20)21)14(16-10-11)18-7-4-5-8-18/h9-10H,2-8H2,1H3,(H,17,19)(H,20,21). The molecule has 21 heavy (non-hydrogen) atoms. The van der Waals surface area contributed by atoms with Crippen LogP contribution in [0, 0.1) is 0 Å². The molecular weight excluding hydrogens is 270 g/mol. The number of carbonyl (C=O) groups is 2. The Balaban J connectivity index is 2.15. The second-order valence-electron chi connectivity index (χ2n) is 5.25. The van der Waals surface area contributed by atoms with Crippen LogP contribution in [0.25, 0.3) is 0 Å². The molecule has 2 heterocycles. The van der Waals surface area contributed by atoms with Gasteiger partial charge in [0.15, 0.2) is 0 Å². The van der Waals surface area contributed by atoms with Crippen molar-refractivity contribution in [3.8, 4) is 0 Å². The maximum absolute atomic E-state index is 11.7. The zero-order chi connectivity index (χ0) is 15.2. The third-order valence-electron chi connectivity index (χ3n) is 3.54. The number of amides is 1. The summed E-state index contributed by atoms with van der Waals surface area (Å²) >= 11 is 0. The summed E-state index contributed by atoms with van der Waals surface area (Å²) in [4.78, 5) is 29.3. The summed E-state index contributed by atoms with van der Waals surface area (Å²) in [6, 6.07) is 1.49. The summed E-state index contributed by atoms with van der Waals surface area (Å²) in [7, 11) is 0. The van der Waals surface area contributed by atoms with Gasteiger partial charge in [-0.3, -0.25) is 4.79 Å². The van der Waals surface area contributed by atoms with Gasteiger partial charge < -0.3 is 15.3 Å². The molecule has 1 amide bonds. The van der Waals surface area contributed by atoms with E-state index in [9.17, 15) is 14.7 Å². The van der Waals surface area contributed by atoms with E-state index >= 15 is 0 Å². The molecule has 0 aromatic carbocycles. The summed E-state index contributed by atoms with van der Waals surface area (Å²) in [6.45, 7) is 3.67. The lowest BCUT2D eigenvalue weighted by atomic mass is 10.2. The third kappa shape index (κ3) is 3.93. The number of nitrogens with one attached hydrogen (secondary N) is 1. The summed E-state index contributed by atoms with van der Waals surface area (Å²) in [5, 5.41) is 12.1. The van der Waals surface area contributed by atoms with Crippen LogP contribution in [0.4, 0.5) is 11.5 Å². The van der Waals surface area contributed by atoms with E-state index in [1.54, 1.807) is 0 Å². The Morgan fingerprint density at radius 3 is 2.71 bits per heavy atom. The lowest BCUT2D eigenvalue weighted by molar-refractivity contribution is -0.116. The zero-order valence-corrected chi connectivity index (χ0v) is 12.3. The monoisotopic (exact) mass is 291 g/mol. The summed E-state index contributed by atoms with van der Waals surface area (Å²) < 4.78 is 0. The highest BCUT2D eigenvalue weighted by atomic mass is 16.4. The van der Waals surface area contributed by atoms with Gasteiger partial charge in [-0.1, -0.05) is 13.3 Å². The summed E-state index contributed by atoms with van der Waals surface area (Å²) in [6.07, 6.45) is 5.83. The summed E-state index contributed by atoms with van der Waals surface area (Å²) in [5.74, 6) is -0.635. The van der Waals surface area contributed by atoms with E-state index in [1.165, 1.54) is 12.3 Å². The van der Waals surface area contributed by atoms with E-state index in [4.69, 9.17) is 0 Å². The van der Waals surface area contributed by atoms with Gasteiger partial charge in [0.25, 0.3) is 0 Å². The quantitative estimate of drug-likeness (QED) is 0.841. The van der Waals surface area contributed by atoms with Crippen molar-refractivity contribution >= 4 is 23.4 Å². The average molecular weight is 291 g/mol. The molecule has 0 bridgehead atoms. The molecule has 1 aromatic heterocycles. The minimum Gasteiger partial charge on any atom is -0.478 e. The number of hydrogen-bond acceptors (Lipinski definition) is 4. The number of aromatic carboxylic acids is 1. The number of nitrogens with zero attached hydrogens (tertiary/aromatic N) is 2. The van der Waals surface area contributed by atoms with Crippen LogP contribution in [0.1, 0.15) is 49.4 Å². The first-order valence-corrected chi connectivity index (χ1v) is 7.40. The minimum atomic E-state index is -1.02. The number of unbranched alkanes of at least 4 members (excludes halogenated alkanes) is 1. The molecule has 6 heteroatoms. The van der Waals surface area contributed by atoms with E-state index in [2.05, 4.69) is 10.3 Å². The number of aromatic nitrogens is 1. The van der Waals surface area contributed by atoms with Crippen molar-refractivity contribution in [2.24, 2.45) is 0 Å². The minimum absolute atomic E-state index is 0.107. The maximum atomic E-state index is 11.7. The first kappa shape index (κ1) is 15.3. The predicted molar refractivity (Wildman–Crippen MR) is 80.8 cm³/mol. The Labute approximate surface area is 124 Å². The number of carboxylic acids is 1. The maximum Gasteiger partial charge on any atom is 0.339 e. The second-order valence-corrected chi connectivity index (χ2v) is 5.25. The van der Waals surface area contributed by atoms with Crippen LogP contribution in [-0.4, -0.2) is 35.1 Å². The van der Waals surface area contributed by atoms with Crippen LogP contribution >= 0.6 is 0 Å². The van der Waals surface area contributed by atoms with Crippen LogP contribution in [0.5, 0.6) is 0 Å². The van der Waals surface area contributed by atoms with Crippen LogP contribution < -0.4 is 10.2 Å². The van der Waals surface area contributed by atoms with E-state index in [0.717, 1.165) is 38.8 Å². The van der Waals surface area contributed by atoms with E-state index in [1.807, 2.05) is 11.8 Å². The van der Waals surface area contributed by atoms with Crippen molar-refractivity contribution < 1.29 is 14.7 Å². The van der Waals surface area contributed by atoms with Gasteiger partial charge in [-0.25, -0.2) is 9.78 Å². The average Bonchev–Trinajstić information content (AvgIpc) is 2.99. The molecule has 0 spiro atoms. The van der Waals surface area contributed by atoms with Crippen molar-refractivity contribution in [2.45, 2.75) is 39.0 Å². The number of hydrogen-bond donors (Lipinski definition) is 2. The smallest absolute Gasteiger partial charge is 0.339 e. The fourth-order valence-electron chi connectivity index (χ4n) is 2.43. The first-order chi connectivity index (χ1) is 10.1. The fourth-order valence-corrected chi connectivity index (χ4v) is 2.43. The van der Waals surface area contributed by atoms with Crippen LogP contribution in [0.2, 0.25) is 0 Å². The fraction of sp³-hybridized carbons (Fsp3) is 0.533. The molecule has 114 valence electrons. The number of rotatable bonds is 6. The van der Waals surface area contributed by atoms with Gasteiger partial charge in [0.1, 0.15) is 11.4 Å². The Hall–Kier alpha value is -2.11. The van der Waals surface area contributed by atoms with Gasteiger partial charge in [-0.05, 0) is 25.3 Å². The van der Waals surface area contributed by atoms with Gasteiger partial charge in [0, 0.05) is 19.5 Å². The van der Waals surface area contributed by atoms with E-state index in [-0.39, 0.29) is 11.5 Å². The van der Waals surface area contributed by atoms with Crippen LogP contribution in [0.3, 0.4) is 0 Å². The molecule has 2 N–H and O–H groups in total. The number of anilines is 2. The summed E-state index contributed by atoms with van der Waals surface area (Å²) in [5.41, 5.74) is 0.585. The molecule has 0 unspecified atom stereocenters. The number of pyridine rings is 1. The van der Waals surface area contributed by atoms with E-state index < -0.39 is 5.97 Å². The molecular formula is C15H21N3O3. The molecule has 1 saturated heterocycles. The normalized spacial score (nSPS) is 14.2. The van der Waals surface area contributed by atoms with Crippen molar-refractivity contribution in [2.75, 3.05) is 23.3 Å².